The molecule has 2 heteroatoms. The Morgan fingerprint density at radius 3 is 2.56 bits per heavy atom. The van der Waals surface area contributed by atoms with Crippen molar-refractivity contribution in [1.29, 1.82) is 0 Å². The molecule has 0 aliphatic heterocycles. The maximum atomic E-state index is 5.07. The van der Waals surface area contributed by atoms with E-state index in [1.165, 1.54) is 6.20 Å². The van der Waals surface area contributed by atoms with Crippen LogP contribution in [0.15, 0.2) is 37.1 Å². The summed E-state index contributed by atoms with van der Waals surface area (Å²) in [5.41, 5.74) is 5.07. The van der Waals surface area contributed by atoms with Gasteiger partial charge >= 0.3 is 0 Å². The van der Waals surface area contributed by atoms with Crippen LogP contribution in [0.25, 0.3) is 0 Å². The van der Waals surface area contributed by atoms with Crippen LogP contribution in [0.3, 0.4) is 0 Å². The molecule has 0 rings (SSSR count). The molecule has 0 aromatic carbocycles. The van der Waals surface area contributed by atoms with Gasteiger partial charge in [0, 0.05) is 4.86 Å². The third kappa shape index (κ3) is 4.97. The monoisotopic (exact) mass is 139 g/mol. The predicted molar refractivity (Wildman–Crippen MR) is 45.3 cm³/mol. The van der Waals surface area contributed by atoms with Crippen molar-refractivity contribution >= 4 is 17.1 Å². The lowest BCUT2D eigenvalue weighted by Crippen LogP contribution is -1.84. The summed E-state index contributed by atoms with van der Waals surface area (Å²) in [6, 6.07) is 0. The quantitative estimate of drug-likeness (QED) is 0.365. The summed E-state index contributed by atoms with van der Waals surface area (Å²) in [5.74, 6) is 0. The Labute approximate surface area is 60.6 Å². The molecule has 0 bridgehead atoms. The third-order valence-electron chi connectivity index (χ3n) is 0.657. The molecule has 0 aromatic rings. The van der Waals surface area contributed by atoms with E-state index in [-0.39, 0.29) is 0 Å². The zero-order valence-electron chi connectivity index (χ0n) is 5.08. The van der Waals surface area contributed by atoms with Crippen molar-refractivity contribution in [3.63, 3.8) is 0 Å². The minimum Gasteiger partial charge on any atom is -0.405 e. The molecule has 0 radical (unpaired) electrons. The fraction of sp³-hybridized carbons (Fsp3) is 0. The summed E-state index contributed by atoms with van der Waals surface area (Å²) >= 11 is 4.82. The molecule has 0 saturated carbocycles. The minimum atomic E-state index is 0.706. The van der Waals surface area contributed by atoms with Crippen LogP contribution >= 0.6 is 12.2 Å². The number of hydrogen-bond acceptors (Lipinski definition) is 2. The Balaban J connectivity index is 3.76. The first-order valence-electron chi connectivity index (χ1n) is 2.52. The first-order chi connectivity index (χ1) is 4.31. The van der Waals surface area contributed by atoms with Crippen LogP contribution in [-0.2, 0) is 0 Å². The molecule has 1 nitrogen and oxygen atoms in total. The van der Waals surface area contributed by atoms with E-state index in [0.717, 1.165) is 0 Å². The lowest BCUT2D eigenvalue weighted by atomic mass is 10.3. The Hall–Kier alpha value is -0.890. The van der Waals surface area contributed by atoms with Crippen LogP contribution in [-0.4, -0.2) is 4.86 Å². The molecule has 9 heavy (non-hydrogen) atoms. The average Bonchev–Trinajstić information content (AvgIpc) is 1.85. The van der Waals surface area contributed by atoms with E-state index in [9.17, 15) is 0 Å². The fourth-order valence-corrected chi connectivity index (χ4v) is 0.470. The highest BCUT2D eigenvalue weighted by Gasteiger charge is 1.76. The van der Waals surface area contributed by atoms with Gasteiger partial charge in [0.05, 0.1) is 0 Å². The van der Waals surface area contributed by atoms with Crippen LogP contribution in [0, 0.1) is 0 Å². The predicted octanol–water partition coefficient (Wildman–Crippen LogP) is 1.57. The average molecular weight is 139 g/mol. The molecule has 2 N–H and O–H groups in total. The molecular weight excluding hydrogens is 130 g/mol. The van der Waals surface area contributed by atoms with Crippen LogP contribution in [0.1, 0.15) is 0 Å². The minimum absolute atomic E-state index is 0.706. The molecule has 48 valence electrons. The Morgan fingerprint density at radius 2 is 2.11 bits per heavy atom. The lowest BCUT2D eigenvalue weighted by Gasteiger charge is -1.80. The van der Waals surface area contributed by atoms with Crippen LogP contribution in [0.2, 0.25) is 0 Å². The fourth-order valence-electron chi connectivity index (χ4n) is 0.313. The van der Waals surface area contributed by atoms with Gasteiger partial charge in [0.15, 0.2) is 0 Å². The van der Waals surface area contributed by atoms with E-state index in [0.29, 0.717) is 4.86 Å². The van der Waals surface area contributed by atoms with Gasteiger partial charge in [-0.2, -0.15) is 0 Å². The second-order valence-electron chi connectivity index (χ2n) is 1.36. The highest BCUT2D eigenvalue weighted by atomic mass is 32.1. The van der Waals surface area contributed by atoms with Gasteiger partial charge in [-0.15, -0.1) is 0 Å². The Bertz CT molecular complexity index is 156. The number of nitrogens with two attached hydrogens (primary N) is 1. The van der Waals surface area contributed by atoms with E-state index in [2.05, 4.69) is 6.58 Å². The number of thiocarbonyl (C=S) groups is 1. The third-order valence-corrected chi connectivity index (χ3v) is 0.929. The smallest absolute Gasteiger partial charge is 0.0391 e. The van der Waals surface area contributed by atoms with Crippen molar-refractivity contribution in [2.24, 2.45) is 5.73 Å². The number of hydrogen-bond donors (Lipinski definition) is 1. The second kappa shape index (κ2) is 5.25. The Morgan fingerprint density at radius 1 is 1.44 bits per heavy atom. The van der Waals surface area contributed by atoms with Crippen LogP contribution in [0.4, 0.5) is 0 Å². The van der Waals surface area contributed by atoms with Crippen molar-refractivity contribution in [1.82, 2.24) is 0 Å². The van der Waals surface area contributed by atoms with Crippen molar-refractivity contribution in [2.45, 2.75) is 0 Å². The summed E-state index contributed by atoms with van der Waals surface area (Å²) in [6.45, 7) is 3.49. The summed E-state index contributed by atoms with van der Waals surface area (Å²) < 4.78 is 0. The van der Waals surface area contributed by atoms with Crippen LogP contribution < -0.4 is 5.73 Å². The van der Waals surface area contributed by atoms with Gasteiger partial charge < -0.3 is 5.73 Å². The summed E-state index contributed by atoms with van der Waals surface area (Å²) in [4.78, 5) is 0.706. The topological polar surface area (TPSA) is 26.0 Å². The summed E-state index contributed by atoms with van der Waals surface area (Å²) in [6.07, 6.45) is 8.25. The lowest BCUT2D eigenvalue weighted by molar-refractivity contribution is 1.62. The number of rotatable bonds is 3. The van der Waals surface area contributed by atoms with E-state index in [4.69, 9.17) is 18.0 Å². The van der Waals surface area contributed by atoms with Gasteiger partial charge in [0.25, 0.3) is 0 Å². The Kier molecular flexibility index (Phi) is 4.73. The summed E-state index contributed by atoms with van der Waals surface area (Å²) in [5, 5.41) is 0. The van der Waals surface area contributed by atoms with Gasteiger partial charge in [0.2, 0.25) is 0 Å². The number of allylic oxidation sites excluding steroid dienone is 4. The molecule has 0 heterocycles. The second-order valence-corrected chi connectivity index (χ2v) is 1.83. The maximum absolute atomic E-state index is 5.07. The molecular formula is C7H9NS. The van der Waals surface area contributed by atoms with Crippen LogP contribution in [0.5, 0.6) is 0 Å². The largest absolute Gasteiger partial charge is 0.405 e. The highest BCUT2D eigenvalue weighted by Crippen LogP contribution is 1.82. The molecule has 0 aliphatic rings. The molecule has 0 spiro atoms. The molecule has 0 aromatic heterocycles. The van der Waals surface area contributed by atoms with Crippen molar-refractivity contribution in [2.75, 3.05) is 0 Å². The molecule has 0 aliphatic carbocycles. The van der Waals surface area contributed by atoms with Gasteiger partial charge in [-0.05, 0) is 18.4 Å². The molecule has 0 atom stereocenters. The zero-order valence-corrected chi connectivity index (χ0v) is 5.90. The van der Waals surface area contributed by atoms with E-state index < -0.39 is 0 Å². The molecule has 0 saturated heterocycles. The van der Waals surface area contributed by atoms with Gasteiger partial charge in [-0.25, -0.2) is 0 Å². The first kappa shape index (κ1) is 8.11. The normalized spacial score (nSPS) is 10.7. The molecule has 0 fully saturated rings. The standard InChI is InChI=1S/C7H9NS/c1-2-3-4-7(9)5-6-8/h2-6H,1,8H2/b4-3-,6-5?. The van der Waals surface area contributed by atoms with Gasteiger partial charge in [-0.3, -0.25) is 0 Å². The van der Waals surface area contributed by atoms with Crippen molar-refractivity contribution in [3.05, 3.63) is 37.1 Å². The van der Waals surface area contributed by atoms with Crippen molar-refractivity contribution in [3.8, 4) is 0 Å². The van der Waals surface area contributed by atoms with Gasteiger partial charge in [0.1, 0.15) is 0 Å². The van der Waals surface area contributed by atoms with E-state index in [1.54, 1.807) is 24.3 Å². The van der Waals surface area contributed by atoms with E-state index in [1.807, 2.05) is 0 Å². The molecule has 0 amide bonds. The molecule has 0 unspecified atom stereocenters. The van der Waals surface area contributed by atoms with E-state index >= 15 is 0 Å². The zero-order chi connectivity index (χ0) is 7.11. The van der Waals surface area contributed by atoms with Gasteiger partial charge in [-0.1, -0.05) is 30.9 Å². The first-order valence-corrected chi connectivity index (χ1v) is 2.93. The highest BCUT2D eigenvalue weighted by molar-refractivity contribution is 7.81. The maximum Gasteiger partial charge on any atom is 0.0391 e. The SMILES string of the molecule is C=C/C=C\C(=S)C=CN. The summed E-state index contributed by atoms with van der Waals surface area (Å²) in [7, 11) is 0. The van der Waals surface area contributed by atoms with Crippen molar-refractivity contribution < 1.29 is 0 Å².